The number of benzene rings is 1. The fourth-order valence-electron chi connectivity index (χ4n) is 2.33. The van der Waals surface area contributed by atoms with E-state index in [0.29, 0.717) is 6.54 Å². The van der Waals surface area contributed by atoms with Gasteiger partial charge < -0.3 is 15.8 Å². The lowest BCUT2D eigenvalue weighted by Gasteiger charge is -2.18. The first-order valence-electron chi connectivity index (χ1n) is 6.91. The zero-order valence-corrected chi connectivity index (χ0v) is 12.6. The van der Waals surface area contributed by atoms with E-state index in [0.717, 1.165) is 23.4 Å². The van der Waals surface area contributed by atoms with Crippen LogP contribution in [0.3, 0.4) is 0 Å². The predicted octanol–water partition coefficient (Wildman–Crippen LogP) is 2.24. The Morgan fingerprint density at radius 1 is 1.48 bits per heavy atom. The van der Waals surface area contributed by atoms with Gasteiger partial charge in [-0.2, -0.15) is 5.10 Å². The molecule has 0 aliphatic rings. The van der Waals surface area contributed by atoms with Gasteiger partial charge in [0.25, 0.3) is 0 Å². The second-order valence-electron chi connectivity index (χ2n) is 4.84. The van der Waals surface area contributed by atoms with Gasteiger partial charge >= 0.3 is 0 Å². The van der Waals surface area contributed by atoms with Crippen LogP contribution in [-0.4, -0.2) is 23.4 Å². The first-order valence-corrected chi connectivity index (χ1v) is 6.91. The van der Waals surface area contributed by atoms with Crippen molar-refractivity contribution in [3.63, 3.8) is 0 Å². The van der Waals surface area contributed by atoms with E-state index in [1.165, 1.54) is 13.2 Å². The number of nitrogens with two attached hydrogens (primary N) is 1. The summed E-state index contributed by atoms with van der Waals surface area (Å²) in [7, 11) is 3.33. The zero-order valence-electron chi connectivity index (χ0n) is 12.6. The third kappa shape index (κ3) is 3.33. The number of nitrogens with one attached hydrogen (secondary N) is 1. The fourth-order valence-corrected chi connectivity index (χ4v) is 2.33. The van der Waals surface area contributed by atoms with E-state index < -0.39 is 0 Å². The molecule has 1 aromatic heterocycles. The number of hydrogen-bond acceptors (Lipinski definition) is 4. The number of methoxy groups -OCH3 is 1. The van der Waals surface area contributed by atoms with Gasteiger partial charge in [-0.25, -0.2) is 4.39 Å². The van der Waals surface area contributed by atoms with E-state index in [2.05, 4.69) is 17.3 Å². The molecule has 2 rings (SSSR count). The topological polar surface area (TPSA) is 65.1 Å². The second kappa shape index (κ2) is 6.58. The van der Waals surface area contributed by atoms with Crippen molar-refractivity contribution >= 4 is 5.69 Å². The van der Waals surface area contributed by atoms with Crippen molar-refractivity contribution in [2.24, 2.45) is 12.8 Å². The van der Waals surface area contributed by atoms with Crippen molar-refractivity contribution in [1.29, 1.82) is 0 Å². The minimum Gasteiger partial charge on any atom is -0.494 e. The van der Waals surface area contributed by atoms with Crippen LogP contribution >= 0.6 is 0 Å². The molecule has 0 saturated heterocycles. The van der Waals surface area contributed by atoms with Crippen molar-refractivity contribution in [1.82, 2.24) is 9.78 Å². The molecule has 0 saturated carbocycles. The van der Waals surface area contributed by atoms with Gasteiger partial charge in [0.1, 0.15) is 0 Å². The Hall–Kier alpha value is -2.08. The van der Waals surface area contributed by atoms with Crippen LogP contribution in [0.15, 0.2) is 24.4 Å². The molecule has 114 valence electrons. The average Bonchev–Trinajstić information content (AvgIpc) is 2.87. The number of hydrogen-bond donors (Lipinski definition) is 2. The maximum atomic E-state index is 13.4. The summed E-state index contributed by atoms with van der Waals surface area (Å²) in [6.07, 6.45) is 2.80. The minimum atomic E-state index is -0.386. The largest absolute Gasteiger partial charge is 0.494 e. The van der Waals surface area contributed by atoms with Gasteiger partial charge in [0, 0.05) is 37.1 Å². The molecular formula is C15H21FN4O. The Morgan fingerprint density at radius 2 is 2.24 bits per heavy atom. The molecule has 1 heterocycles. The van der Waals surface area contributed by atoms with Crippen LogP contribution in [0.25, 0.3) is 0 Å². The molecule has 2 aromatic rings. The Kier molecular flexibility index (Phi) is 4.80. The fraction of sp³-hybridized carbons (Fsp3) is 0.400. The number of anilines is 1. The summed E-state index contributed by atoms with van der Waals surface area (Å²) in [6.45, 7) is 2.47. The van der Waals surface area contributed by atoms with Crippen molar-refractivity contribution in [2.45, 2.75) is 19.4 Å². The highest BCUT2D eigenvalue weighted by Crippen LogP contribution is 2.26. The van der Waals surface area contributed by atoms with Crippen molar-refractivity contribution in [2.75, 3.05) is 19.0 Å². The van der Waals surface area contributed by atoms with Gasteiger partial charge in [-0.05, 0) is 18.6 Å². The summed E-state index contributed by atoms with van der Waals surface area (Å²) in [4.78, 5) is 0. The summed E-state index contributed by atoms with van der Waals surface area (Å²) < 4.78 is 20.2. The molecule has 3 N–H and O–H groups in total. The molecule has 5 nitrogen and oxygen atoms in total. The molecule has 0 spiro atoms. The monoisotopic (exact) mass is 292 g/mol. The molecule has 0 aliphatic heterocycles. The second-order valence-corrected chi connectivity index (χ2v) is 4.84. The SMILES string of the molecule is CCc1nn(C)cc1C(CN)Nc1ccc(F)c(OC)c1. The average molecular weight is 292 g/mol. The number of rotatable bonds is 6. The number of aromatic nitrogens is 2. The third-order valence-corrected chi connectivity index (χ3v) is 3.38. The summed E-state index contributed by atoms with van der Waals surface area (Å²) in [5, 5.41) is 7.73. The number of halogens is 1. The van der Waals surface area contributed by atoms with Gasteiger partial charge in [-0.1, -0.05) is 6.92 Å². The van der Waals surface area contributed by atoms with E-state index in [1.807, 2.05) is 13.2 Å². The van der Waals surface area contributed by atoms with Crippen LogP contribution in [-0.2, 0) is 13.5 Å². The zero-order chi connectivity index (χ0) is 15.4. The molecule has 0 fully saturated rings. The molecular weight excluding hydrogens is 271 g/mol. The number of aryl methyl sites for hydroxylation is 2. The normalized spacial score (nSPS) is 12.2. The molecule has 0 bridgehead atoms. The van der Waals surface area contributed by atoms with Crippen LogP contribution in [0.5, 0.6) is 5.75 Å². The van der Waals surface area contributed by atoms with E-state index in [4.69, 9.17) is 10.5 Å². The minimum absolute atomic E-state index is 0.0798. The standard InChI is InChI=1S/C15H21FN4O/c1-4-13-11(9-20(2)19-13)14(8-17)18-10-5-6-12(16)15(7-10)21-3/h5-7,9,14,18H,4,8,17H2,1-3H3. The molecule has 1 atom stereocenters. The maximum Gasteiger partial charge on any atom is 0.165 e. The van der Waals surface area contributed by atoms with Gasteiger partial charge in [-0.15, -0.1) is 0 Å². The van der Waals surface area contributed by atoms with Gasteiger partial charge in [0.05, 0.1) is 18.8 Å². The lowest BCUT2D eigenvalue weighted by atomic mass is 10.1. The Morgan fingerprint density at radius 3 is 2.86 bits per heavy atom. The Balaban J connectivity index is 2.26. The van der Waals surface area contributed by atoms with Gasteiger partial charge in [-0.3, -0.25) is 4.68 Å². The van der Waals surface area contributed by atoms with E-state index >= 15 is 0 Å². The van der Waals surface area contributed by atoms with Crippen LogP contribution in [0.4, 0.5) is 10.1 Å². The van der Waals surface area contributed by atoms with Gasteiger partial charge in [0.15, 0.2) is 11.6 Å². The van der Waals surface area contributed by atoms with E-state index in [-0.39, 0.29) is 17.6 Å². The van der Waals surface area contributed by atoms with E-state index in [9.17, 15) is 4.39 Å². The molecule has 21 heavy (non-hydrogen) atoms. The molecule has 6 heteroatoms. The molecule has 1 unspecified atom stereocenters. The highest BCUT2D eigenvalue weighted by atomic mass is 19.1. The van der Waals surface area contributed by atoms with Gasteiger partial charge in [0.2, 0.25) is 0 Å². The quantitative estimate of drug-likeness (QED) is 0.857. The van der Waals surface area contributed by atoms with Crippen LogP contribution < -0.4 is 15.8 Å². The number of nitrogens with zero attached hydrogens (tertiary/aromatic N) is 2. The molecule has 0 radical (unpaired) electrons. The van der Waals surface area contributed by atoms with Crippen molar-refractivity contribution < 1.29 is 9.13 Å². The lowest BCUT2D eigenvalue weighted by molar-refractivity contribution is 0.386. The summed E-state index contributed by atoms with van der Waals surface area (Å²) in [5.41, 5.74) is 8.71. The Bertz CT molecular complexity index is 612. The molecule has 0 aliphatic carbocycles. The van der Waals surface area contributed by atoms with Crippen LogP contribution in [0, 0.1) is 5.82 Å². The summed E-state index contributed by atoms with van der Waals surface area (Å²) in [6, 6.07) is 4.59. The molecule has 0 amide bonds. The third-order valence-electron chi connectivity index (χ3n) is 3.38. The maximum absolute atomic E-state index is 13.4. The summed E-state index contributed by atoms with van der Waals surface area (Å²) >= 11 is 0. The van der Waals surface area contributed by atoms with Crippen molar-refractivity contribution in [3.05, 3.63) is 41.5 Å². The number of ether oxygens (including phenoxy) is 1. The van der Waals surface area contributed by atoms with Crippen LogP contribution in [0.2, 0.25) is 0 Å². The highest BCUT2D eigenvalue weighted by Gasteiger charge is 2.17. The summed E-state index contributed by atoms with van der Waals surface area (Å²) in [5.74, 6) is -0.180. The highest BCUT2D eigenvalue weighted by molar-refractivity contribution is 5.50. The van der Waals surface area contributed by atoms with Crippen molar-refractivity contribution in [3.8, 4) is 5.75 Å². The smallest absolute Gasteiger partial charge is 0.165 e. The lowest BCUT2D eigenvalue weighted by Crippen LogP contribution is -2.21. The predicted molar refractivity (Wildman–Crippen MR) is 81.0 cm³/mol. The van der Waals surface area contributed by atoms with E-state index in [1.54, 1.807) is 16.8 Å². The molecule has 1 aromatic carbocycles. The first kappa shape index (κ1) is 15.3. The van der Waals surface area contributed by atoms with Crippen LogP contribution in [0.1, 0.15) is 24.2 Å². The first-order chi connectivity index (χ1) is 10.1. The Labute approximate surface area is 123 Å².